The highest BCUT2D eigenvalue weighted by Gasteiger charge is 2.05. The zero-order chi connectivity index (χ0) is 13.5. The van der Waals surface area contributed by atoms with Crippen LogP contribution in [0, 0.1) is 0 Å². The minimum atomic E-state index is -0.242. The van der Waals surface area contributed by atoms with Crippen LogP contribution in [-0.2, 0) is 0 Å². The molecule has 0 spiro atoms. The molecule has 98 valence electrons. The van der Waals surface area contributed by atoms with Crippen LogP contribution in [0.15, 0.2) is 24.3 Å². The summed E-state index contributed by atoms with van der Waals surface area (Å²) < 4.78 is 0. The Morgan fingerprint density at radius 2 is 1.67 bits per heavy atom. The summed E-state index contributed by atoms with van der Waals surface area (Å²) in [6.45, 7) is 0.708. The maximum atomic E-state index is 11.6. The van der Waals surface area contributed by atoms with Crippen molar-refractivity contribution in [2.45, 2.75) is 0 Å². The summed E-state index contributed by atoms with van der Waals surface area (Å²) in [5.74, 6) is -0.126. The van der Waals surface area contributed by atoms with Crippen molar-refractivity contribution < 1.29 is 14.7 Å². The molecule has 6 heteroatoms. The molecule has 0 aliphatic heterocycles. The number of amides is 3. The average Bonchev–Trinajstić information content (AvgIpc) is 2.34. The Bertz CT molecular complexity index is 415. The first-order valence-corrected chi connectivity index (χ1v) is 5.53. The monoisotopic (exact) mass is 251 g/mol. The molecule has 1 rings (SSSR count). The van der Waals surface area contributed by atoms with Gasteiger partial charge >= 0.3 is 6.03 Å². The zero-order valence-electron chi connectivity index (χ0n) is 10.4. The third-order valence-electron chi connectivity index (χ3n) is 2.22. The van der Waals surface area contributed by atoms with E-state index in [4.69, 9.17) is 5.11 Å². The number of urea groups is 1. The number of phenols is 1. The highest BCUT2D eigenvalue weighted by atomic mass is 16.3. The Kier molecular flexibility index (Phi) is 4.98. The highest BCUT2D eigenvalue weighted by Crippen LogP contribution is 2.08. The van der Waals surface area contributed by atoms with Gasteiger partial charge in [0.05, 0.1) is 0 Å². The van der Waals surface area contributed by atoms with E-state index >= 15 is 0 Å². The Balaban J connectivity index is 2.29. The van der Waals surface area contributed by atoms with Crippen molar-refractivity contribution in [3.8, 4) is 5.75 Å². The van der Waals surface area contributed by atoms with E-state index in [1.165, 1.54) is 29.2 Å². The standard InChI is InChI=1S/C12H17N3O3/c1-15(2)12(18)14-8-7-13-11(17)9-3-5-10(16)6-4-9/h3-6,16H,7-8H2,1-2H3,(H,13,17)(H,14,18). The summed E-state index contributed by atoms with van der Waals surface area (Å²) in [4.78, 5) is 24.2. The molecular weight excluding hydrogens is 234 g/mol. The number of nitrogens with one attached hydrogen (secondary N) is 2. The van der Waals surface area contributed by atoms with Gasteiger partial charge in [-0.3, -0.25) is 4.79 Å². The molecule has 0 atom stereocenters. The minimum Gasteiger partial charge on any atom is -0.508 e. The van der Waals surface area contributed by atoms with Crippen LogP contribution in [0.2, 0.25) is 0 Å². The lowest BCUT2D eigenvalue weighted by molar-refractivity contribution is 0.0953. The first-order chi connectivity index (χ1) is 8.50. The van der Waals surface area contributed by atoms with Gasteiger partial charge in [-0.05, 0) is 24.3 Å². The van der Waals surface area contributed by atoms with E-state index in [0.29, 0.717) is 18.7 Å². The molecular formula is C12H17N3O3. The molecule has 0 heterocycles. The van der Waals surface area contributed by atoms with Crippen LogP contribution in [0.1, 0.15) is 10.4 Å². The fourth-order valence-corrected chi connectivity index (χ4v) is 1.22. The van der Waals surface area contributed by atoms with Crippen LogP contribution in [0.3, 0.4) is 0 Å². The maximum Gasteiger partial charge on any atom is 0.316 e. The molecule has 3 amide bonds. The lowest BCUT2D eigenvalue weighted by Crippen LogP contribution is -2.39. The van der Waals surface area contributed by atoms with Gasteiger partial charge in [0.1, 0.15) is 5.75 Å². The molecule has 0 saturated carbocycles. The second-order valence-electron chi connectivity index (χ2n) is 3.93. The molecule has 3 N–H and O–H groups in total. The lowest BCUT2D eigenvalue weighted by atomic mass is 10.2. The number of benzene rings is 1. The SMILES string of the molecule is CN(C)C(=O)NCCNC(=O)c1ccc(O)cc1. The Hall–Kier alpha value is -2.24. The number of hydrogen-bond donors (Lipinski definition) is 3. The van der Waals surface area contributed by atoms with Crippen LogP contribution < -0.4 is 10.6 Å². The summed E-state index contributed by atoms with van der Waals surface area (Å²) in [6, 6.07) is 5.76. The largest absolute Gasteiger partial charge is 0.508 e. The van der Waals surface area contributed by atoms with E-state index in [9.17, 15) is 9.59 Å². The van der Waals surface area contributed by atoms with E-state index < -0.39 is 0 Å². The molecule has 0 radical (unpaired) electrons. The van der Waals surface area contributed by atoms with Gasteiger partial charge in [-0.25, -0.2) is 4.79 Å². The second-order valence-corrected chi connectivity index (χ2v) is 3.93. The van der Waals surface area contributed by atoms with Gasteiger partial charge in [0, 0.05) is 32.7 Å². The molecule has 0 bridgehead atoms. The summed E-state index contributed by atoms with van der Waals surface area (Å²) in [7, 11) is 3.29. The van der Waals surface area contributed by atoms with Gasteiger partial charge in [0.15, 0.2) is 0 Å². The smallest absolute Gasteiger partial charge is 0.316 e. The third-order valence-corrected chi connectivity index (χ3v) is 2.22. The van der Waals surface area contributed by atoms with E-state index in [2.05, 4.69) is 10.6 Å². The number of carbonyl (C=O) groups excluding carboxylic acids is 2. The van der Waals surface area contributed by atoms with E-state index in [0.717, 1.165) is 0 Å². The predicted molar refractivity (Wildman–Crippen MR) is 67.5 cm³/mol. The molecule has 1 aromatic carbocycles. The molecule has 18 heavy (non-hydrogen) atoms. The Morgan fingerprint density at radius 3 is 2.22 bits per heavy atom. The van der Waals surface area contributed by atoms with Gasteiger partial charge in [0.25, 0.3) is 5.91 Å². The second kappa shape index (κ2) is 6.48. The van der Waals surface area contributed by atoms with Crippen LogP contribution in [-0.4, -0.2) is 49.1 Å². The van der Waals surface area contributed by atoms with Gasteiger partial charge in [-0.1, -0.05) is 0 Å². The number of phenolic OH excluding ortho intramolecular Hbond substituents is 1. The predicted octanol–water partition coefficient (Wildman–Crippen LogP) is 0.393. The zero-order valence-corrected chi connectivity index (χ0v) is 10.4. The third kappa shape index (κ3) is 4.32. The summed E-state index contributed by atoms with van der Waals surface area (Å²) >= 11 is 0. The first-order valence-electron chi connectivity index (χ1n) is 5.53. The number of aromatic hydroxyl groups is 1. The van der Waals surface area contributed by atoms with E-state index in [1.54, 1.807) is 14.1 Å². The van der Waals surface area contributed by atoms with E-state index in [1.807, 2.05) is 0 Å². The van der Waals surface area contributed by atoms with Gasteiger partial charge in [-0.15, -0.1) is 0 Å². The molecule has 1 aromatic rings. The molecule has 0 aliphatic carbocycles. The summed E-state index contributed by atoms with van der Waals surface area (Å²) in [5, 5.41) is 14.4. The quantitative estimate of drug-likeness (QED) is 0.677. The van der Waals surface area contributed by atoms with Crippen molar-refractivity contribution in [1.82, 2.24) is 15.5 Å². The molecule has 0 saturated heterocycles. The number of hydrogen-bond acceptors (Lipinski definition) is 3. The van der Waals surface area contributed by atoms with Crippen LogP contribution in [0.5, 0.6) is 5.75 Å². The molecule has 0 fully saturated rings. The van der Waals surface area contributed by atoms with Gasteiger partial charge in [0.2, 0.25) is 0 Å². The summed E-state index contributed by atoms with van der Waals surface area (Å²) in [6.07, 6.45) is 0. The van der Waals surface area contributed by atoms with Crippen LogP contribution in [0.4, 0.5) is 4.79 Å². The Labute approximate surface area is 106 Å². The normalized spacial score (nSPS) is 9.67. The molecule has 0 unspecified atom stereocenters. The minimum absolute atomic E-state index is 0.116. The van der Waals surface area contributed by atoms with Crippen molar-refractivity contribution in [2.24, 2.45) is 0 Å². The molecule has 6 nitrogen and oxygen atoms in total. The lowest BCUT2D eigenvalue weighted by Gasteiger charge is -2.12. The van der Waals surface area contributed by atoms with Crippen molar-refractivity contribution in [3.63, 3.8) is 0 Å². The highest BCUT2D eigenvalue weighted by molar-refractivity contribution is 5.94. The van der Waals surface area contributed by atoms with Crippen molar-refractivity contribution in [1.29, 1.82) is 0 Å². The average molecular weight is 251 g/mol. The Morgan fingerprint density at radius 1 is 1.11 bits per heavy atom. The van der Waals surface area contributed by atoms with Crippen LogP contribution in [0.25, 0.3) is 0 Å². The first kappa shape index (κ1) is 13.8. The van der Waals surface area contributed by atoms with Gasteiger partial charge < -0.3 is 20.6 Å². The topological polar surface area (TPSA) is 81.7 Å². The van der Waals surface area contributed by atoms with Crippen molar-refractivity contribution >= 4 is 11.9 Å². The number of carbonyl (C=O) groups is 2. The molecule has 0 aliphatic rings. The fraction of sp³-hybridized carbons (Fsp3) is 0.333. The fourth-order valence-electron chi connectivity index (χ4n) is 1.22. The summed E-state index contributed by atoms with van der Waals surface area (Å²) in [5.41, 5.74) is 0.465. The van der Waals surface area contributed by atoms with Crippen LogP contribution >= 0.6 is 0 Å². The number of rotatable bonds is 4. The van der Waals surface area contributed by atoms with Crippen molar-refractivity contribution in [3.05, 3.63) is 29.8 Å². The maximum absolute atomic E-state index is 11.6. The number of nitrogens with zero attached hydrogens (tertiary/aromatic N) is 1. The van der Waals surface area contributed by atoms with E-state index in [-0.39, 0.29) is 17.7 Å². The molecule has 0 aromatic heterocycles. The van der Waals surface area contributed by atoms with Crippen molar-refractivity contribution in [2.75, 3.05) is 27.2 Å². The van der Waals surface area contributed by atoms with Gasteiger partial charge in [-0.2, -0.15) is 0 Å².